The van der Waals surface area contributed by atoms with E-state index >= 15 is 0 Å². The normalized spacial score (nSPS) is 10.6. The highest BCUT2D eigenvalue weighted by Gasteiger charge is 2.13. The lowest BCUT2D eigenvalue weighted by atomic mass is 10.4. The van der Waals surface area contributed by atoms with Crippen LogP contribution in [-0.2, 0) is 11.3 Å². The van der Waals surface area contributed by atoms with E-state index in [2.05, 4.69) is 4.98 Å². The Hall–Kier alpha value is -1.50. The number of aromatic nitrogens is 2. The fourth-order valence-electron chi connectivity index (χ4n) is 1.92. The van der Waals surface area contributed by atoms with Crippen molar-refractivity contribution in [2.75, 3.05) is 25.4 Å². The zero-order valence-electron chi connectivity index (χ0n) is 12.1. The van der Waals surface area contributed by atoms with Crippen molar-refractivity contribution in [2.24, 2.45) is 0 Å². The fourth-order valence-corrected chi connectivity index (χ4v) is 2.92. The smallest absolute Gasteiger partial charge is 0.242 e. The molecule has 0 spiro atoms. The van der Waals surface area contributed by atoms with Crippen LogP contribution in [0.1, 0.15) is 0 Å². The Bertz CT molecular complexity index is 575. The Balaban J connectivity index is 1.82. The maximum absolute atomic E-state index is 12.2. The number of carbonyl (C=O) groups excluding carboxylic acids is 1. The average Bonchev–Trinajstić information content (AvgIpc) is 3.01. The van der Waals surface area contributed by atoms with Gasteiger partial charge in [0.2, 0.25) is 5.91 Å². The lowest BCUT2D eigenvalue weighted by Crippen LogP contribution is -2.37. The quantitative estimate of drug-likeness (QED) is 0.749. The Morgan fingerprint density at radius 3 is 2.73 bits per heavy atom. The Morgan fingerprint density at radius 1 is 1.32 bits per heavy atom. The molecule has 22 heavy (non-hydrogen) atoms. The number of nitrogens with zero attached hydrogens (tertiary/aromatic N) is 3. The zero-order valence-corrected chi connectivity index (χ0v) is 13.6. The number of aliphatic hydroxyl groups is 1. The molecule has 2 rings (SSSR count). The summed E-state index contributed by atoms with van der Waals surface area (Å²) in [6.45, 7) is 1.13. The summed E-state index contributed by atoms with van der Waals surface area (Å²) in [4.78, 5) is 18.9. The first-order valence-electron chi connectivity index (χ1n) is 6.92. The molecule has 1 amide bonds. The van der Waals surface area contributed by atoms with Crippen molar-refractivity contribution in [1.82, 2.24) is 14.5 Å². The third-order valence-electron chi connectivity index (χ3n) is 3.04. The lowest BCUT2D eigenvalue weighted by molar-refractivity contribution is -0.132. The van der Waals surface area contributed by atoms with Crippen LogP contribution in [0.4, 0.5) is 0 Å². The first-order valence-corrected chi connectivity index (χ1v) is 8.28. The molecule has 1 N–H and O–H groups in total. The summed E-state index contributed by atoms with van der Waals surface area (Å²) in [5.74, 6) is 0.737. The molecule has 5 nitrogen and oxygen atoms in total. The van der Waals surface area contributed by atoms with Crippen LogP contribution in [0.25, 0.3) is 0 Å². The molecule has 0 atom stereocenters. The van der Waals surface area contributed by atoms with E-state index in [0.29, 0.717) is 18.1 Å². The van der Waals surface area contributed by atoms with Gasteiger partial charge in [0, 0.05) is 41.2 Å². The minimum atomic E-state index is -0.0404. The molecule has 0 aliphatic heterocycles. The molecule has 2 aromatic rings. The number of amides is 1. The van der Waals surface area contributed by atoms with Gasteiger partial charge in [0.1, 0.15) is 6.54 Å². The third-order valence-corrected chi connectivity index (χ3v) is 4.29. The van der Waals surface area contributed by atoms with E-state index in [-0.39, 0.29) is 19.1 Å². The van der Waals surface area contributed by atoms with Crippen molar-refractivity contribution < 1.29 is 9.90 Å². The van der Waals surface area contributed by atoms with Crippen LogP contribution in [0, 0.1) is 0 Å². The molecule has 0 radical (unpaired) electrons. The lowest BCUT2D eigenvalue weighted by Gasteiger charge is -2.21. The summed E-state index contributed by atoms with van der Waals surface area (Å²) in [5.41, 5.74) is 0. The second kappa shape index (κ2) is 8.82. The van der Waals surface area contributed by atoms with Gasteiger partial charge >= 0.3 is 0 Å². The molecular weight excluding hydrogens is 322 g/mol. The van der Waals surface area contributed by atoms with Gasteiger partial charge in [-0.15, -0.1) is 11.8 Å². The van der Waals surface area contributed by atoms with Crippen LogP contribution < -0.4 is 0 Å². The fraction of sp³-hybridized carbons (Fsp3) is 0.333. The van der Waals surface area contributed by atoms with E-state index in [1.165, 1.54) is 0 Å². The van der Waals surface area contributed by atoms with E-state index in [1.807, 2.05) is 24.3 Å². The highest BCUT2D eigenvalue weighted by molar-refractivity contribution is 7.99. The van der Waals surface area contributed by atoms with Crippen LogP contribution in [-0.4, -0.2) is 50.9 Å². The predicted octanol–water partition coefficient (Wildman–Crippen LogP) is 2.15. The van der Waals surface area contributed by atoms with E-state index < -0.39 is 0 Å². The number of thioether (sulfide) groups is 1. The summed E-state index contributed by atoms with van der Waals surface area (Å²) in [6, 6.07) is 7.60. The molecule has 0 aliphatic rings. The maximum Gasteiger partial charge on any atom is 0.242 e. The molecule has 1 aromatic heterocycles. The second-order valence-corrected chi connectivity index (χ2v) is 6.25. The van der Waals surface area contributed by atoms with Crippen molar-refractivity contribution >= 4 is 29.3 Å². The van der Waals surface area contributed by atoms with Gasteiger partial charge in [0.05, 0.1) is 12.9 Å². The topological polar surface area (TPSA) is 58.4 Å². The first kappa shape index (κ1) is 16.9. The van der Waals surface area contributed by atoms with E-state index in [9.17, 15) is 4.79 Å². The molecular formula is C15H18ClN3O2S. The molecule has 0 bridgehead atoms. The molecule has 0 aliphatic carbocycles. The third kappa shape index (κ3) is 5.36. The monoisotopic (exact) mass is 339 g/mol. The number of halogens is 1. The maximum atomic E-state index is 12.2. The summed E-state index contributed by atoms with van der Waals surface area (Å²) in [6.07, 6.45) is 5.00. The predicted molar refractivity (Wildman–Crippen MR) is 88.1 cm³/mol. The number of rotatable bonds is 8. The van der Waals surface area contributed by atoms with Crippen molar-refractivity contribution in [3.05, 3.63) is 48.0 Å². The number of carbonyl (C=O) groups is 1. The molecule has 1 heterocycles. The van der Waals surface area contributed by atoms with Crippen molar-refractivity contribution in [3.8, 4) is 0 Å². The number of hydrogen-bond donors (Lipinski definition) is 1. The molecule has 0 unspecified atom stereocenters. The van der Waals surface area contributed by atoms with Crippen molar-refractivity contribution in [3.63, 3.8) is 0 Å². The van der Waals surface area contributed by atoms with Gasteiger partial charge in [0.15, 0.2) is 0 Å². The molecule has 1 aromatic carbocycles. The number of benzene rings is 1. The number of aliphatic hydroxyl groups excluding tert-OH is 1. The highest BCUT2D eigenvalue weighted by Crippen LogP contribution is 2.20. The summed E-state index contributed by atoms with van der Waals surface area (Å²) in [7, 11) is 0. The van der Waals surface area contributed by atoms with Gasteiger partial charge in [0.25, 0.3) is 0 Å². The average molecular weight is 340 g/mol. The zero-order chi connectivity index (χ0) is 15.8. The van der Waals surface area contributed by atoms with Crippen LogP contribution in [0.5, 0.6) is 0 Å². The van der Waals surface area contributed by atoms with Crippen molar-refractivity contribution in [2.45, 2.75) is 11.4 Å². The first-order chi connectivity index (χ1) is 10.7. The molecule has 0 saturated heterocycles. The van der Waals surface area contributed by atoms with E-state index in [4.69, 9.17) is 16.7 Å². The molecule has 0 fully saturated rings. The number of imidazole rings is 1. The molecule has 0 saturated carbocycles. The Morgan fingerprint density at radius 2 is 2.09 bits per heavy atom. The Labute approximate surface area is 138 Å². The molecule has 7 heteroatoms. The minimum Gasteiger partial charge on any atom is -0.395 e. The highest BCUT2D eigenvalue weighted by atomic mass is 35.5. The molecule has 118 valence electrons. The van der Waals surface area contributed by atoms with Gasteiger partial charge in [-0.2, -0.15) is 0 Å². The van der Waals surface area contributed by atoms with Gasteiger partial charge in [-0.25, -0.2) is 4.98 Å². The SMILES string of the molecule is O=C(Cn1ccnc1)N(CCO)CCSc1ccc(Cl)cc1. The minimum absolute atomic E-state index is 0.0243. The number of hydrogen-bond acceptors (Lipinski definition) is 4. The van der Waals surface area contributed by atoms with Gasteiger partial charge < -0.3 is 14.6 Å². The summed E-state index contributed by atoms with van der Waals surface area (Å²) >= 11 is 7.50. The van der Waals surface area contributed by atoms with E-state index in [1.54, 1.807) is 39.9 Å². The van der Waals surface area contributed by atoms with Crippen LogP contribution in [0.15, 0.2) is 47.9 Å². The standard InChI is InChI=1S/C15H18ClN3O2S/c16-13-1-3-14(4-2-13)22-10-8-19(7-9-20)15(21)11-18-6-5-17-12-18/h1-6,12,20H,7-11H2. The van der Waals surface area contributed by atoms with Crippen LogP contribution in [0.2, 0.25) is 5.02 Å². The second-order valence-electron chi connectivity index (χ2n) is 4.64. The Kier molecular flexibility index (Phi) is 6.76. The van der Waals surface area contributed by atoms with Gasteiger partial charge in [-0.1, -0.05) is 11.6 Å². The van der Waals surface area contributed by atoms with Gasteiger partial charge in [-0.05, 0) is 24.3 Å². The van der Waals surface area contributed by atoms with Crippen LogP contribution in [0.3, 0.4) is 0 Å². The van der Waals surface area contributed by atoms with Crippen molar-refractivity contribution in [1.29, 1.82) is 0 Å². The largest absolute Gasteiger partial charge is 0.395 e. The summed E-state index contributed by atoms with van der Waals surface area (Å²) in [5, 5.41) is 9.83. The van der Waals surface area contributed by atoms with Crippen LogP contribution >= 0.6 is 23.4 Å². The summed E-state index contributed by atoms with van der Waals surface area (Å²) < 4.78 is 1.72. The van der Waals surface area contributed by atoms with E-state index in [0.717, 1.165) is 10.6 Å². The van der Waals surface area contributed by atoms with Gasteiger partial charge in [-0.3, -0.25) is 4.79 Å².